The van der Waals surface area contributed by atoms with Crippen LogP contribution in [0.2, 0.25) is 0 Å². The molecule has 1 aliphatic rings. The molecule has 176 valence electrons. The molecular formula is C21H20O12. The number of phenolic OH excluding ortho intramolecular Hbond substituents is 3. The van der Waals surface area contributed by atoms with Gasteiger partial charge in [0.25, 0.3) is 5.79 Å². The number of benzene rings is 2. The fraction of sp³-hybridized carbons (Fsp3) is 0.286. The zero-order chi connectivity index (χ0) is 24.1. The average Bonchev–Trinajstić information content (AvgIpc) is 2.97. The molecule has 1 aliphatic heterocycles. The maximum absolute atomic E-state index is 13.3. The quantitative estimate of drug-likeness (QED) is 0.230. The second-order valence-corrected chi connectivity index (χ2v) is 7.54. The lowest BCUT2D eigenvalue weighted by molar-refractivity contribution is -0.314. The molecule has 2 heterocycles. The Hall–Kier alpha value is -3.39. The van der Waals surface area contributed by atoms with Crippen LogP contribution in [0.3, 0.4) is 0 Å². The van der Waals surface area contributed by atoms with E-state index in [1.807, 2.05) is 0 Å². The highest BCUT2D eigenvalue weighted by Crippen LogP contribution is 2.42. The van der Waals surface area contributed by atoms with Gasteiger partial charge in [0.1, 0.15) is 40.9 Å². The molecule has 4 rings (SSSR count). The van der Waals surface area contributed by atoms with Gasteiger partial charge in [0.2, 0.25) is 17.0 Å². The maximum Gasteiger partial charge on any atom is 0.265 e. The molecule has 0 amide bonds. The minimum absolute atomic E-state index is 0.114. The van der Waals surface area contributed by atoms with Gasteiger partial charge in [0, 0.05) is 17.7 Å². The normalized spacial score (nSPS) is 27.2. The summed E-state index contributed by atoms with van der Waals surface area (Å²) in [4.78, 5) is 13.3. The van der Waals surface area contributed by atoms with Gasteiger partial charge in [-0.15, -0.1) is 0 Å². The van der Waals surface area contributed by atoms with E-state index in [2.05, 4.69) is 0 Å². The highest BCUT2D eigenvalue weighted by Gasteiger charge is 2.64. The summed E-state index contributed by atoms with van der Waals surface area (Å²) in [6, 6.07) is 7.14. The second-order valence-electron chi connectivity index (χ2n) is 7.54. The van der Waals surface area contributed by atoms with Crippen LogP contribution in [0.5, 0.6) is 23.0 Å². The lowest BCUT2D eigenvalue weighted by atomic mass is 10.0. The maximum atomic E-state index is 13.3. The lowest BCUT2D eigenvalue weighted by Gasteiger charge is -2.31. The molecular weight excluding hydrogens is 444 g/mol. The van der Waals surface area contributed by atoms with Crippen molar-refractivity contribution in [3.8, 4) is 34.3 Å². The molecule has 33 heavy (non-hydrogen) atoms. The monoisotopic (exact) mass is 464 g/mol. The molecule has 12 heteroatoms. The second kappa shape index (κ2) is 7.88. The summed E-state index contributed by atoms with van der Waals surface area (Å²) in [5, 5.41) is 79.2. The first kappa shape index (κ1) is 22.8. The Morgan fingerprint density at radius 2 is 1.61 bits per heavy atom. The van der Waals surface area contributed by atoms with Crippen molar-refractivity contribution in [3.63, 3.8) is 0 Å². The van der Waals surface area contributed by atoms with Gasteiger partial charge in [0.05, 0.1) is 6.61 Å². The Labute approximate surface area is 184 Å². The van der Waals surface area contributed by atoms with Crippen molar-refractivity contribution < 1.29 is 54.7 Å². The Bertz CT molecular complexity index is 1250. The van der Waals surface area contributed by atoms with Crippen molar-refractivity contribution >= 4 is 11.0 Å². The van der Waals surface area contributed by atoms with Gasteiger partial charge < -0.3 is 50.0 Å². The molecule has 0 radical (unpaired) electrons. The molecule has 2 aromatic carbocycles. The Kier molecular flexibility index (Phi) is 5.44. The first-order chi connectivity index (χ1) is 15.5. The van der Waals surface area contributed by atoms with Gasteiger partial charge in [-0.05, 0) is 24.3 Å². The molecule has 0 saturated carbocycles. The van der Waals surface area contributed by atoms with E-state index in [-0.39, 0.29) is 22.7 Å². The van der Waals surface area contributed by atoms with Crippen molar-refractivity contribution in [2.24, 2.45) is 0 Å². The number of aliphatic hydroxyl groups is 5. The first-order valence-corrected chi connectivity index (χ1v) is 9.57. The van der Waals surface area contributed by atoms with Crippen LogP contribution in [0, 0.1) is 0 Å². The van der Waals surface area contributed by atoms with E-state index in [0.717, 1.165) is 12.1 Å². The van der Waals surface area contributed by atoms with E-state index < -0.39 is 65.1 Å². The molecule has 0 bridgehead atoms. The molecule has 0 spiro atoms. The third-order valence-corrected chi connectivity index (χ3v) is 5.33. The molecule has 1 fully saturated rings. The van der Waals surface area contributed by atoms with Gasteiger partial charge in [-0.25, -0.2) is 0 Å². The van der Waals surface area contributed by atoms with Crippen LogP contribution in [-0.4, -0.2) is 77.8 Å². The number of ether oxygens (including phenoxy) is 2. The molecule has 4 atom stereocenters. The van der Waals surface area contributed by atoms with Crippen LogP contribution in [0.25, 0.3) is 22.3 Å². The van der Waals surface area contributed by atoms with Gasteiger partial charge in [0.15, 0.2) is 11.9 Å². The van der Waals surface area contributed by atoms with Crippen molar-refractivity contribution in [3.05, 3.63) is 46.6 Å². The number of phenols is 3. The van der Waals surface area contributed by atoms with Crippen LogP contribution < -0.4 is 10.2 Å². The predicted molar refractivity (Wildman–Crippen MR) is 108 cm³/mol. The third kappa shape index (κ3) is 3.54. The summed E-state index contributed by atoms with van der Waals surface area (Å²) in [6.45, 7) is -2.38. The van der Waals surface area contributed by atoms with Crippen LogP contribution >= 0.6 is 0 Å². The van der Waals surface area contributed by atoms with Crippen LogP contribution in [0.15, 0.2) is 45.6 Å². The van der Waals surface area contributed by atoms with Gasteiger partial charge in [-0.2, -0.15) is 0 Å². The largest absolute Gasteiger partial charge is 0.508 e. The SMILES string of the molecule is O=c1c(O[C@]2(CO)O[C@@](O)(CO)[C@H](O)[C@H]2O)c(-c2ccc(O)cc2)oc2cc(O)cc(O)c12. The van der Waals surface area contributed by atoms with E-state index in [1.165, 1.54) is 24.3 Å². The molecule has 0 aliphatic carbocycles. The highest BCUT2D eigenvalue weighted by atomic mass is 16.8. The highest BCUT2D eigenvalue weighted by molar-refractivity contribution is 5.88. The Morgan fingerprint density at radius 1 is 0.939 bits per heavy atom. The van der Waals surface area contributed by atoms with Crippen molar-refractivity contribution in [2.45, 2.75) is 23.8 Å². The number of fused-ring (bicyclic) bond motifs is 1. The molecule has 3 aromatic rings. The number of aromatic hydroxyl groups is 3. The summed E-state index contributed by atoms with van der Waals surface area (Å²) in [6.07, 6.45) is -4.28. The van der Waals surface area contributed by atoms with Crippen molar-refractivity contribution in [2.75, 3.05) is 13.2 Å². The summed E-state index contributed by atoms with van der Waals surface area (Å²) in [5.41, 5.74) is -1.11. The minimum Gasteiger partial charge on any atom is -0.508 e. The van der Waals surface area contributed by atoms with Crippen LogP contribution in [0.4, 0.5) is 0 Å². The standard InChI is InChI=1S/C21H20O12/c22-7-20(30)18(28)19(29)21(8-23,33-20)32-17-15(27)14-12(26)5-11(25)6-13(14)31-16(17)9-1-3-10(24)4-2-9/h1-6,18-19,22-26,28-30H,7-8H2/t18-,19-,20+,21-/m1/s1. The summed E-state index contributed by atoms with van der Waals surface area (Å²) >= 11 is 0. The topological polar surface area (TPSA) is 211 Å². The Balaban J connectivity index is 1.98. The van der Waals surface area contributed by atoms with Crippen molar-refractivity contribution in [1.82, 2.24) is 0 Å². The van der Waals surface area contributed by atoms with E-state index in [1.54, 1.807) is 0 Å². The lowest BCUT2D eigenvalue weighted by Crippen LogP contribution is -2.51. The van der Waals surface area contributed by atoms with E-state index in [4.69, 9.17) is 13.9 Å². The van der Waals surface area contributed by atoms with E-state index >= 15 is 0 Å². The fourth-order valence-corrected chi connectivity index (χ4v) is 3.61. The number of hydrogen-bond acceptors (Lipinski definition) is 12. The summed E-state index contributed by atoms with van der Waals surface area (Å²) in [5.74, 6) is -7.59. The van der Waals surface area contributed by atoms with Crippen LogP contribution in [0.1, 0.15) is 0 Å². The zero-order valence-corrected chi connectivity index (χ0v) is 16.7. The number of hydrogen-bond donors (Lipinski definition) is 8. The Morgan fingerprint density at radius 3 is 2.18 bits per heavy atom. The van der Waals surface area contributed by atoms with Gasteiger partial charge in [-0.3, -0.25) is 9.53 Å². The van der Waals surface area contributed by atoms with E-state index in [9.17, 15) is 45.6 Å². The third-order valence-electron chi connectivity index (χ3n) is 5.33. The molecule has 1 saturated heterocycles. The number of aliphatic hydroxyl groups excluding tert-OH is 4. The van der Waals surface area contributed by atoms with Crippen LogP contribution in [-0.2, 0) is 4.74 Å². The summed E-state index contributed by atoms with van der Waals surface area (Å²) < 4.78 is 16.3. The fourth-order valence-electron chi connectivity index (χ4n) is 3.61. The summed E-state index contributed by atoms with van der Waals surface area (Å²) in [7, 11) is 0. The smallest absolute Gasteiger partial charge is 0.265 e. The zero-order valence-electron chi connectivity index (χ0n) is 16.7. The minimum atomic E-state index is -2.73. The molecule has 8 N–H and O–H groups in total. The average molecular weight is 464 g/mol. The predicted octanol–water partition coefficient (Wildman–Crippen LogP) is -0.923. The first-order valence-electron chi connectivity index (χ1n) is 9.57. The van der Waals surface area contributed by atoms with Crippen molar-refractivity contribution in [1.29, 1.82) is 0 Å². The molecule has 12 nitrogen and oxygen atoms in total. The number of rotatable bonds is 5. The van der Waals surface area contributed by atoms with Gasteiger partial charge >= 0.3 is 0 Å². The van der Waals surface area contributed by atoms with E-state index in [0.29, 0.717) is 0 Å². The molecule has 0 unspecified atom stereocenters. The molecule has 1 aromatic heterocycles. The van der Waals surface area contributed by atoms with Gasteiger partial charge in [-0.1, -0.05) is 0 Å².